The highest BCUT2D eigenvalue weighted by Crippen LogP contribution is 2.41. The molecule has 5 atom stereocenters. The van der Waals surface area contributed by atoms with Gasteiger partial charge in [0.2, 0.25) is 0 Å². The van der Waals surface area contributed by atoms with Crippen molar-refractivity contribution in [1.29, 1.82) is 0 Å². The van der Waals surface area contributed by atoms with Gasteiger partial charge in [-0.1, -0.05) is 23.2 Å². The van der Waals surface area contributed by atoms with Gasteiger partial charge in [-0.3, -0.25) is 4.99 Å². The number of aryl methyl sites for hydroxylation is 1. The maximum Gasteiger partial charge on any atom is 0.418 e. The summed E-state index contributed by atoms with van der Waals surface area (Å²) in [7, 11) is 0. The Labute approximate surface area is 238 Å². The van der Waals surface area contributed by atoms with Gasteiger partial charge in [0.05, 0.1) is 27.9 Å². The highest BCUT2D eigenvalue weighted by atomic mass is 35.5. The fourth-order valence-corrected chi connectivity index (χ4v) is 4.90. The maximum absolute atomic E-state index is 14.5. The van der Waals surface area contributed by atoms with Crippen molar-refractivity contribution in [3.05, 3.63) is 80.7 Å². The molecule has 3 aromatic rings. The Balaban J connectivity index is 1.53. The molecule has 0 saturated carbocycles. The minimum absolute atomic E-state index is 0.0185. The summed E-state index contributed by atoms with van der Waals surface area (Å²) in [6.07, 6.45) is -7.34. The molecule has 5 unspecified atom stereocenters. The third-order valence-electron chi connectivity index (χ3n) is 6.61. The summed E-state index contributed by atoms with van der Waals surface area (Å²) < 4.78 is 96.3. The number of ether oxygens (including phenoxy) is 2. The van der Waals surface area contributed by atoms with E-state index < -0.39 is 75.4 Å². The highest BCUT2D eigenvalue weighted by molar-refractivity contribution is 6.31. The lowest BCUT2D eigenvalue weighted by Gasteiger charge is -2.48. The van der Waals surface area contributed by atoms with Gasteiger partial charge >= 0.3 is 6.18 Å². The second-order valence-corrected chi connectivity index (χ2v) is 10.0. The largest absolute Gasteiger partial charge is 0.418 e. The van der Waals surface area contributed by atoms with Crippen molar-refractivity contribution in [3.63, 3.8) is 0 Å². The molecule has 8 nitrogen and oxygen atoms in total. The van der Waals surface area contributed by atoms with Crippen LogP contribution in [0.2, 0.25) is 10.0 Å². The lowest BCUT2D eigenvalue weighted by molar-refractivity contribution is -0.273. The van der Waals surface area contributed by atoms with Crippen LogP contribution in [0.15, 0.2) is 35.5 Å². The van der Waals surface area contributed by atoms with E-state index in [-0.39, 0.29) is 35.5 Å². The zero-order valence-electron chi connectivity index (χ0n) is 20.7. The average Bonchev–Trinajstić information content (AvgIpc) is 3.28. The van der Waals surface area contributed by atoms with Crippen LogP contribution in [-0.2, 0) is 15.7 Å². The van der Waals surface area contributed by atoms with E-state index in [4.69, 9.17) is 38.4 Å². The fraction of sp³-hybridized carbons (Fsp3) is 0.320. The Morgan fingerprint density at radius 1 is 1.17 bits per heavy atom. The number of hydrogen-bond acceptors (Lipinski definition) is 7. The molecule has 16 heteroatoms. The van der Waals surface area contributed by atoms with E-state index in [1.54, 1.807) is 0 Å². The minimum Gasteiger partial charge on any atom is -0.404 e. The zero-order valence-corrected chi connectivity index (χ0v) is 22.2. The third kappa shape index (κ3) is 5.30. The molecule has 1 aromatic heterocycles. The van der Waals surface area contributed by atoms with Crippen molar-refractivity contribution in [2.75, 3.05) is 6.61 Å². The summed E-state index contributed by atoms with van der Waals surface area (Å²) in [4.78, 5) is 8.47. The van der Waals surface area contributed by atoms with E-state index in [0.717, 1.165) is 29.2 Å². The van der Waals surface area contributed by atoms with E-state index in [1.165, 1.54) is 13.0 Å². The number of aliphatic imine (C=N–C) groups is 1. The van der Waals surface area contributed by atoms with Gasteiger partial charge in [0, 0.05) is 23.6 Å². The van der Waals surface area contributed by atoms with E-state index in [2.05, 4.69) is 15.1 Å². The standard InChI is InChI=1S/C25H19Cl2F6N5O3/c1-9-36-24(38(37-9)16-5-14(27)15(28)4-12(16)25(31,32)33)23-21(39)20(22-17(41-23)8-40-22)35-7-10(6-34)11-2-3-13(26)19(30)18(11)29/h2-7,17,20-23,39H,8,34H2,1H3/b10-6+,35-7?. The first kappa shape index (κ1) is 29.3. The van der Waals surface area contributed by atoms with E-state index in [1.807, 2.05) is 0 Å². The second kappa shape index (κ2) is 10.9. The monoisotopic (exact) mass is 621 g/mol. The first-order chi connectivity index (χ1) is 19.3. The number of nitrogens with two attached hydrogens (primary N) is 1. The second-order valence-electron chi connectivity index (χ2n) is 9.21. The van der Waals surface area contributed by atoms with Crippen molar-refractivity contribution in [1.82, 2.24) is 14.8 Å². The number of benzene rings is 2. The lowest BCUT2D eigenvalue weighted by Crippen LogP contribution is -2.62. The number of aromatic nitrogens is 3. The Bertz CT molecular complexity index is 1560. The number of hydrogen-bond donors (Lipinski definition) is 2. The van der Waals surface area contributed by atoms with Crippen LogP contribution in [0.1, 0.15) is 28.9 Å². The van der Waals surface area contributed by atoms with E-state index in [0.29, 0.717) is 0 Å². The molecule has 5 rings (SSSR count). The predicted molar refractivity (Wildman–Crippen MR) is 135 cm³/mol. The molecule has 3 N–H and O–H groups in total. The van der Waals surface area contributed by atoms with Gasteiger partial charge in [0.1, 0.15) is 42.1 Å². The number of rotatable bonds is 5. The van der Waals surface area contributed by atoms with E-state index in [9.17, 15) is 31.4 Å². The third-order valence-corrected chi connectivity index (χ3v) is 7.20. The van der Waals surface area contributed by atoms with Crippen molar-refractivity contribution in [2.24, 2.45) is 10.7 Å². The Morgan fingerprint density at radius 2 is 1.90 bits per heavy atom. The molecule has 0 bridgehead atoms. The van der Waals surface area contributed by atoms with Crippen LogP contribution in [0.4, 0.5) is 26.3 Å². The summed E-state index contributed by atoms with van der Waals surface area (Å²) in [5.74, 6) is -4.08. The number of aliphatic hydroxyl groups excluding tert-OH is 1. The topological polar surface area (TPSA) is 108 Å². The van der Waals surface area contributed by atoms with Crippen LogP contribution in [0.25, 0.3) is 11.3 Å². The van der Waals surface area contributed by atoms with Gasteiger partial charge in [0.15, 0.2) is 17.5 Å². The maximum atomic E-state index is 14.5. The molecule has 2 fully saturated rings. The molecule has 0 aliphatic carbocycles. The average molecular weight is 622 g/mol. The minimum atomic E-state index is -5.00. The van der Waals surface area contributed by atoms with Crippen molar-refractivity contribution in [3.8, 4) is 5.69 Å². The van der Waals surface area contributed by atoms with Crippen molar-refractivity contribution < 1.29 is 40.9 Å². The molecule has 2 aliphatic rings. The molecular weight excluding hydrogens is 603 g/mol. The number of aliphatic hydroxyl groups is 1. The predicted octanol–water partition coefficient (Wildman–Crippen LogP) is 4.96. The van der Waals surface area contributed by atoms with Crippen LogP contribution in [-0.4, -0.2) is 57.0 Å². The normalized spacial score (nSPS) is 24.9. The van der Waals surface area contributed by atoms with Crippen LogP contribution >= 0.6 is 23.2 Å². The van der Waals surface area contributed by atoms with Crippen LogP contribution in [0, 0.1) is 24.4 Å². The van der Waals surface area contributed by atoms with Gasteiger partial charge in [0.25, 0.3) is 0 Å². The summed E-state index contributed by atoms with van der Waals surface area (Å²) in [5, 5.41) is 14.3. The number of nitrogens with zero attached hydrogens (tertiary/aromatic N) is 4. The van der Waals surface area contributed by atoms with Gasteiger partial charge in [-0.2, -0.15) is 18.3 Å². The molecule has 2 aliphatic heterocycles. The number of fused-ring (bicyclic) bond motifs is 1. The Kier molecular flexibility index (Phi) is 7.80. The van der Waals surface area contributed by atoms with Gasteiger partial charge in [-0.25, -0.2) is 22.8 Å². The molecule has 0 amide bonds. The zero-order chi connectivity index (χ0) is 29.8. The number of alkyl halides is 3. The first-order valence-electron chi connectivity index (χ1n) is 11.9. The summed E-state index contributed by atoms with van der Waals surface area (Å²) in [5.41, 5.74) is 3.28. The van der Waals surface area contributed by atoms with Gasteiger partial charge < -0.3 is 20.3 Å². The van der Waals surface area contributed by atoms with Gasteiger partial charge in [-0.05, 0) is 31.2 Å². The Hall–Kier alpha value is -3.17. The van der Waals surface area contributed by atoms with E-state index >= 15 is 0 Å². The lowest BCUT2D eigenvalue weighted by atomic mass is 9.89. The van der Waals surface area contributed by atoms with Crippen LogP contribution in [0.3, 0.4) is 0 Å². The molecule has 0 radical (unpaired) electrons. The molecule has 2 saturated heterocycles. The molecule has 3 heterocycles. The summed E-state index contributed by atoms with van der Waals surface area (Å²) in [6.45, 7) is 1.47. The first-order valence-corrected chi connectivity index (χ1v) is 12.6. The SMILES string of the molecule is Cc1nc(C2OC3COC3C(N=C/C(=C\N)c3ccc(Cl)c(F)c3F)C2O)n(-c2cc(Cl)c(F)cc2C(F)(F)F)n1. The smallest absolute Gasteiger partial charge is 0.404 e. The van der Waals surface area contributed by atoms with Crippen LogP contribution < -0.4 is 5.73 Å². The fourth-order valence-electron chi connectivity index (χ4n) is 4.60. The summed E-state index contributed by atoms with van der Waals surface area (Å²) >= 11 is 11.4. The highest BCUT2D eigenvalue weighted by Gasteiger charge is 2.53. The molecular formula is C25H19Cl2F6N5O3. The molecule has 0 spiro atoms. The molecule has 218 valence electrons. The molecule has 41 heavy (non-hydrogen) atoms. The quantitative estimate of drug-likeness (QED) is 0.237. The summed E-state index contributed by atoms with van der Waals surface area (Å²) in [6, 6.07) is 2.19. The van der Waals surface area contributed by atoms with Crippen molar-refractivity contribution >= 4 is 35.0 Å². The molecule has 2 aromatic carbocycles. The number of allylic oxidation sites excluding steroid dienone is 1. The van der Waals surface area contributed by atoms with Gasteiger partial charge in [-0.15, -0.1) is 0 Å². The number of halogens is 8. The Morgan fingerprint density at radius 3 is 2.54 bits per heavy atom. The van der Waals surface area contributed by atoms with Crippen LogP contribution in [0.5, 0.6) is 0 Å². The van der Waals surface area contributed by atoms with Crippen molar-refractivity contribution in [2.45, 2.75) is 43.6 Å².